The van der Waals surface area contributed by atoms with Crippen LogP contribution in [-0.2, 0) is 11.2 Å². The number of amides is 1. The topological polar surface area (TPSA) is 58.6 Å². The molecule has 2 heterocycles. The summed E-state index contributed by atoms with van der Waals surface area (Å²) in [7, 11) is 1.67. The summed E-state index contributed by atoms with van der Waals surface area (Å²) in [5.41, 5.74) is 1.14. The lowest BCUT2D eigenvalue weighted by Gasteiger charge is -2.22. The maximum atomic E-state index is 12.3. The van der Waals surface area contributed by atoms with E-state index >= 15 is 0 Å². The zero-order chi connectivity index (χ0) is 19.2. The number of rotatable bonds is 6. The van der Waals surface area contributed by atoms with Crippen LogP contribution in [0.3, 0.4) is 0 Å². The van der Waals surface area contributed by atoms with Gasteiger partial charge in [-0.2, -0.15) is 4.37 Å². The van der Waals surface area contributed by atoms with Crippen molar-refractivity contribution >= 4 is 22.6 Å². The third-order valence-corrected chi connectivity index (χ3v) is 5.47. The van der Waals surface area contributed by atoms with Crippen LogP contribution >= 0.6 is 11.5 Å². The number of anilines is 1. The van der Waals surface area contributed by atoms with Gasteiger partial charge in [-0.15, -0.1) is 0 Å². The molecule has 27 heavy (non-hydrogen) atoms. The molecule has 3 rings (SSSR count). The van der Waals surface area contributed by atoms with Crippen LogP contribution < -0.4 is 9.64 Å². The van der Waals surface area contributed by atoms with Gasteiger partial charge in [-0.25, -0.2) is 4.98 Å². The van der Waals surface area contributed by atoms with Gasteiger partial charge in [-0.3, -0.25) is 4.79 Å². The van der Waals surface area contributed by atoms with Gasteiger partial charge >= 0.3 is 0 Å². The molecule has 1 fully saturated rings. The minimum atomic E-state index is 0.267. The molecule has 0 bridgehead atoms. The molecule has 0 aliphatic carbocycles. The second-order valence-corrected chi connectivity index (χ2v) is 8.07. The third-order valence-electron chi connectivity index (χ3n) is 4.66. The predicted octanol–water partition coefficient (Wildman–Crippen LogP) is 3.22. The van der Waals surface area contributed by atoms with E-state index in [1.54, 1.807) is 7.11 Å². The highest BCUT2D eigenvalue weighted by atomic mass is 32.1. The Morgan fingerprint density at radius 1 is 1.26 bits per heavy atom. The summed E-state index contributed by atoms with van der Waals surface area (Å²) in [4.78, 5) is 21.3. The molecule has 2 aromatic rings. The van der Waals surface area contributed by atoms with Gasteiger partial charge in [-0.05, 0) is 30.0 Å². The molecular weight excluding hydrogens is 360 g/mol. The largest absolute Gasteiger partial charge is 0.497 e. The molecule has 0 spiro atoms. The molecule has 1 saturated heterocycles. The number of methoxy groups -OCH3 is 1. The highest BCUT2D eigenvalue weighted by molar-refractivity contribution is 7.09. The van der Waals surface area contributed by atoms with Crippen LogP contribution in [0.4, 0.5) is 5.13 Å². The minimum Gasteiger partial charge on any atom is -0.497 e. The number of nitrogens with zero attached hydrogens (tertiary/aromatic N) is 4. The van der Waals surface area contributed by atoms with Crippen molar-refractivity contribution in [2.75, 3.05) is 38.2 Å². The Bertz CT molecular complexity index is 762. The normalized spacial score (nSPS) is 15.1. The van der Waals surface area contributed by atoms with Crippen molar-refractivity contribution in [3.05, 3.63) is 35.7 Å². The molecule has 0 N–H and O–H groups in total. The Labute approximate surface area is 165 Å². The number of hydrogen-bond acceptors (Lipinski definition) is 6. The highest BCUT2D eigenvalue weighted by Gasteiger charge is 2.21. The van der Waals surface area contributed by atoms with Crippen LogP contribution in [0.25, 0.3) is 0 Å². The molecule has 1 aromatic carbocycles. The van der Waals surface area contributed by atoms with Gasteiger partial charge < -0.3 is 14.5 Å². The lowest BCUT2D eigenvalue weighted by atomic mass is 10.1. The van der Waals surface area contributed by atoms with Gasteiger partial charge in [0, 0.05) is 50.6 Å². The standard InChI is InChI=1S/C20H28N4O2S/c1-15(2)12-19(25)23-8-5-9-24(11-10-23)20-21-18(22-27-20)14-16-6-4-7-17(13-16)26-3/h4,6-7,13,15H,5,8-12,14H2,1-3H3. The summed E-state index contributed by atoms with van der Waals surface area (Å²) in [5.74, 6) is 2.35. The summed E-state index contributed by atoms with van der Waals surface area (Å²) >= 11 is 1.44. The van der Waals surface area contributed by atoms with Crippen LogP contribution in [0.15, 0.2) is 24.3 Å². The summed E-state index contributed by atoms with van der Waals surface area (Å²) in [6, 6.07) is 8.00. The van der Waals surface area contributed by atoms with Crippen LogP contribution in [0.2, 0.25) is 0 Å². The molecule has 0 radical (unpaired) electrons. The molecule has 1 aliphatic heterocycles. The van der Waals surface area contributed by atoms with Crippen molar-refractivity contribution < 1.29 is 9.53 Å². The number of hydrogen-bond donors (Lipinski definition) is 0. The van der Waals surface area contributed by atoms with Crippen molar-refractivity contribution in [1.29, 1.82) is 0 Å². The Morgan fingerprint density at radius 2 is 2.11 bits per heavy atom. The van der Waals surface area contributed by atoms with Crippen molar-refractivity contribution in [3.8, 4) is 5.75 Å². The minimum absolute atomic E-state index is 0.267. The summed E-state index contributed by atoms with van der Waals surface area (Å²) in [6.07, 6.45) is 2.29. The summed E-state index contributed by atoms with van der Waals surface area (Å²) in [5, 5.41) is 0.950. The van der Waals surface area contributed by atoms with Gasteiger partial charge in [0.25, 0.3) is 0 Å². The smallest absolute Gasteiger partial charge is 0.222 e. The Morgan fingerprint density at radius 3 is 2.89 bits per heavy atom. The number of carbonyl (C=O) groups is 1. The van der Waals surface area contributed by atoms with Crippen molar-refractivity contribution in [2.45, 2.75) is 33.1 Å². The van der Waals surface area contributed by atoms with E-state index in [-0.39, 0.29) is 5.91 Å². The number of carbonyl (C=O) groups excluding carboxylic acids is 1. The molecule has 0 saturated carbocycles. The van der Waals surface area contributed by atoms with Crippen LogP contribution in [0.5, 0.6) is 5.75 Å². The maximum absolute atomic E-state index is 12.3. The average Bonchev–Trinajstić information content (AvgIpc) is 2.96. The maximum Gasteiger partial charge on any atom is 0.222 e. The number of aromatic nitrogens is 2. The monoisotopic (exact) mass is 388 g/mol. The van der Waals surface area contributed by atoms with E-state index in [0.29, 0.717) is 18.8 Å². The molecule has 1 aliphatic rings. The SMILES string of the molecule is COc1cccc(Cc2nsc(N3CCCN(C(=O)CC(C)C)CC3)n2)c1. The highest BCUT2D eigenvalue weighted by Crippen LogP contribution is 2.22. The lowest BCUT2D eigenvalue weighted by Crippen LogP contribution is -2.35. The average molecular weight is 389 g/mol. The van der Waals surface area contributed by atoms with Crippen molar-refractivity contribution in [2.24, 2.45) is 5.92 Å². The van der Waals surface area contributed by atoms with E-state index < -0.39 is 0 Å². The number of benzene rings is 1. The Kier molecular flexibility index (Phi) is 6.66. The molecular formula is C20H28N4O2S. The quantitative estimate of drug-likeness (QED) is 0.760. The Hall–Kier alpha value is -2.15. The fraction of sp³-hybridized carbons (Fsp3) is 0.550. The number of ether oxygens (including phenoxy) is 1. The molecule has 1 aromatic heterocycles. The van der Waals surface area contributed by atoms with Gasteiger partial charge in [0.05, 0.1) is 7.11 Å². The second kappa shape index (κ2) is 9.17. The molecule has 7 heteroatoms. The van der Waals surface area contributed by atoms with Gasteiger partial charge in [-0.1, -0.05) is 26.0 Å². The van der Waals surface area contributed by atoms with E-state index in [0.717, 1.165) is 54.9 Å². The first-order valence-corrected chi connectivity index (χ1v) is 10.3. The first-order valence-electron chi connectivity index (χ1n) is 9.53. The van der Waals surface area contributed by atoms with E-state index in [4.69, 9.17) is 9.72 Å². The van der Waals surface area contributed by atoms with Crippen LogP contribution in [0, 0.1) is 5.92 Å². The summed E-state index contributed by atoms with van der Waals surface area (Å²) in [6.45, 7) is 7.50. The van der Waals surface area contributed by atoms with E-state index in [2.05, 4.69) is 29.2 Å². The Balaban J connectivity index is 1.60. The summed E-state index contributed by atoms with van der Waals surface area (Å²) < 4.78 is 9.82. The lowest BCUT2D eigenvalue weighted by molar-refractivity contribution is -0.131. The molecule has 0 unspecified atom stereocenters. The molecule has 146 valence electrons. The first kappa shape index (κ1) is 19.6. The van der Waals surface area contributed by atoms with E-state index in [1.165, 1.54) is 11.5 Å². The van der Waals surface area contributed by atoms with Crippen LogP contribution in [-0.4, -0.2) is 53.5 Å². The van der Waals surface area contributed by atoms with Gasteiger partial charge in [0.15, 0.2) is 0 Å². The fourth-order valence-corrected chi connectivity index (χ4v) is 3.98. The molecule has 0 atom stereocenters. The first-order chi connectivity index (χ1) is 13.0. The van der Waals surface area contributed by atoms with Gasteiger partial charge in [0.1, 0.15) is 11.6 Å². The van der Waals surface area contributed by atoms with Crippen LogP contribution in [0.1, 0.15) is 38.1 Å². The zero-order valence-electron chi connectivity index (χ0n) is 16.4. The van der Waals surface area contributed by atoms with E-state index in [1.807, 2.05) is 23.1 Å². The van der Waals surface area contributed by atoms with Crippen molar-refractivity contribution in [3.63, 3.8) is 0 Å². The molecule has 1 amide bonds. The molecule has 6 nitrogen and oxygen atoms in total. The zero-order valence-corrected chi connectivity index (χ0v) is 17.2. The second-order valence-electron chi connectivity index (χ2n) is 7.34. The predicted molar refractivity (Wildman–Crippen MR) is 109 cm³/mol. The van der Waals surface area contributed by atoms with Crippen molar-refractivity contribution in [1.82, 2.24) is 14.3 Å². The van der Waals surface area contributed by atoms with Gasteiger partial charge in [0.2, 0.25) is 11.0 Å². The third kappa shape index (κ3) is 5.42. The van der Waals surface area contributed by atoms with E-state index in [9.17, 15) is 4.79 Å². The fourth-order valence-electron chi connectivity index (χ4n) is 3.25.